The van der Waals surface area contributed by atoms with Crippen LogP contribution in [0.25, 0.3) is 44.8 Å². The molecule has 2 N–H and O–H groups in total. The van der Waals surface area contributed by atoms with E-state index in [2.05, 4.69) is 188 Å². The van der Waals surface area contributed by atoms with Crippen LogP contribution in [0.15, 0.2) is 97.1 Å². The van der Waals surface area contributed by atoms with Crippen LogP contribution in [0, 0.1) is 0 Å². The van der Waals surface area contributed by atoms with Crippen LogP contribution in [0.2, 0.25) is 0 Å². The molecule has 13 heteroatoms. The molecule has 2 fully saturated rings. The molecule has 4 aromatic heterocycles. The number of fused-ring (bicyclic) bond motifs is 2. The normalized spacial score (nSPS) is 14.8. The minimum atomic E-state index is 0. The number of H-pyrrole nitrogens is 2. The third-order valence-electron chi connectivity index (χ3n) is 13.9. The van der Waals surface area contributed by atoms with E-state index in [4.69, 9.17) is 9.97 Å². The molecule has 0 saturated carbocycles. The van der Waals surface area contributed by atoms with E-state index in [9.17, 15) is 4.79 Å². The van der Waals surface area contributed by atoms with Gasteiger partial charge < -0.3 is 24.7 Å². The van der Waals surface area contributed by atoms with Gasteiger partial charge in [0.2, 0.25) is 0 Å². The first-order chi connectivity index (χ1) is 33.1. The van der Waals surface area contributed by atoms with Gasteiger partial charge in [-0.2, -0.15) is 10.2 Å². The van der Waals surface area contributed by atoms with Crippen LogP contribution in [0.5, 0.6) is 0 Å². The van der Waals surface area contributed by atoms with Crippen LogP contribution >= 0.6 is 0 Å². The van der Waals surface area contributed by atoms with Crippen molar-refractivity contribution in [3.8, 4) is 22.8 Å². The van der Waals surface area contributed by atoms with Gasteiger partial charge in [0.15, 0.2) is 0 Å². The van der Waals surface area contributed by atoms with Gasteiger partial charge in [-0.05, 0) is 71.2 Å². The molecular formula is C57H74N12O. The van der Waals surface area contributed by atoms with Crippen LogP contribution in [0.4, 0.5) is 11.4 Å². The summed E-state index contributed by atoms with van der Waals surface area (Å²) in [5.74, 6) is 1.87. The van der Waals surface area contributed by atoms with E-state index in [1.807, 2.05) is 22.7 Å². The maximum Gasteiger partial charge on any atom is 0.272 e. The van der Waals surface area contributed by atoms with Crippen molar-refractivity contribution in [2.75, 3.05) is 62.2 Å². The first-order valence-corrected chi connectivity index (χ1v) is 24.8. The summed E-state index contributed by atoms with van der Waals surface area (Å²) >= 11 is 0. The van der Waals surface area contributed by atoms with Crippen LogP contribution in [-0.2, 0) is 44.3 Å². The molecule has 0 atom stereocenters. The lowest BCUT2D eigenvalue weighted by Gasteiger charge is -2.36. The molecule has 4 aromatic carbocycles. The number of piperazine rings is 2. The van der Waals surface area contributed by atoms with Gasteiger partial charge in [-0.15, -0.1) is 0 Å². The molecule has 1 amide bonds. The predicted octanol–water partition coefficient (Wildman–Crippen LogP) is 10.6. The van der Waals surface area contributed by atoms with Crippen molar-refractivity contribution < 1.29 is 4.79 Å². The molecule has 70 heavy (non-hydrogen) atoms. The Morgan fingerprint density at radius 2 is 1.01 bits per heavy atom. The lowest BCUT2D eigenvalue weighted by Crippen LogP contribution is -2.49. The number of hydrogen-bond acceptors (Lipinski definition) is 8. The van der Waals surface area contributed by atoms with Crippen molar-refractivity contribution in [1.82, 2.24) is 49.3 Å². The molecule has 6 heterocycles. The molecule has 2 aliphatic heterocycles. The van der Waals surface area contributed by atoms with Crippen LogP contribution < -0.4 is 9.80 Å². The number of benzene rings is 4. The molecule has 13 nitrogen and oxygen atoms in total. The minimum absolute atomic E-state index is 0. The second-order valence-corrected chi connectivity index (χ2v) is 20.8. The maximum absolute atomic E-state index is 13.1. The number of carbonyl (C=O) groups is 1. The number of aromatic nitrogens is 8. The van der Waals surface area contributed by atoms with Crippen molar-refractivity contribution in [2.45, 2.75) is 93.0 Å². The van der Waals surface area contributed by atoms with Gasteiger partial charge >= 0.3 is 0 Å². The highest BCUT2D eigenvalue weighted by molar-refractivity contribution is 5.94. The van der Waals surface area contributed by atoms with Crippen LogP contribution in [-0.4, -0.2) is 108 Å². The Hall–Kier alpha value is -6.73. The summed E-state index contributed by atoms with van der Waals surface area (Å²) in [7, 11) is 3.90. The fourth-order valence-electron chi connectivity index (χ4n) is 9.55. The predicted molar refractivity (Wildman–Crippen MR) is 288 cm³/mol. The SMILES string of the molecule is C.CCc1cc(C(=O)N2CCN(c3cccc4[nH]c(-c5ccc(C(C)(C)C)cc5)nc34)CC2)n(C)n1.CCc1cc(CN2CCN(c3cccc4[nH]c(-c5ccc(C(C)(C)C)cc5)nc34)CC2)n(C)n1. The summed E-state index contributed by atoms with van der Waals surface area (Å²) in [5.41, 5.74) is 15.7. The van der Waals surface area contributed by atoms with E-state index in [-0.39, 0.29) is 24.2 Å². The Labute approximate surface area is 414 Å². The van der Waals surface area contributed by atoms with Crippen LogP contribution in [0.1, 0.15) is 102 Å². The molecule has 2 saturated heterocycles. The fraction of sp³-hybridized carbons (Fsp3) is 0.421. The van der Waals surface area contributed by atoms with E-state index in [0.717, 1.165) is 115 Å². The highest BCUT2D eigenvalue weighted by Gasteiger charge is 2.27. The summed E-state index contributed by atoms with van der Waals surface area (Å²) in [6, 6.07) is 34.4. The highest BCUT2D eigenvalue weighted by atomic mass is 16.2. The van der Waals surface area contributed by atoms with Gasteiger partial charge in [-0.3, -0.25) is 19.1 Å². The Bertz CT molecular complexity index is 3030. The van der Waals surface area contributed by atoms with Gasteiger partial charge in [0.05, 0.1) is 39.5 Å². The lowest BCUT2D eigenvalue weighted by molar-refractivity contribution is 0.0735. The molecule has 2 aliphatic rings. The van der Waals surface area contributed by atoms with E-state index in [0.29, 0.717) is 18.8 Å². The number of imidazole rings is 2. The summed E-state index contributed by atoms with van der Waals surface area (Å²) in [6.07, 6.45) is 1.81. The quantitative estimate of drug-likeness (QED) is 0.147. The number of nitrogens with zero attached hydrogens (tertiary/aromatic N) is 10. The molecule has 0 bridgehead atoms. The second kappa shape index (κ2) is 20.3. The van der Waals surface area contributed by atoms with E-state index in [1.54, 1.807) is 4.68 Å². The Morgan fingerprint density at radius 3 is 1.44 bits per heavy atom. The van der Waals surface area contributed by atoms with Crippen molar-refractivity contribution >= 4 is 39.3 Å². The topological polar surface area (TPSA) is 123 Å². The van der Waals surface area contributed by atoms with E-state index < -0.39 is 0 Å². The average molecular weight is 943 g/mol. The smallest absolute Gasteiger partial charge is 0.272 e. The number of carbonyl (C=O) groups excluding carboxylic acids is 1. The number of aromatic amines is 2. The number of aryl methyl sites for hydroxylation is 4. The van der Waals surface area contributed by atoms with Crippen LogP contribution in [0.3, 0.4) is 0 Å². The monoisotopic (exact) mass is 943 g/mol. The second-order valence-electron chi connectivity index (χ2n) is 20.8. The third-order valence-corrected chi connectivity index (χ3v) is 13.9. The number of rotatable bonds is 9. The zero-order valence-electron chi connectivity index (χ0n) is 42.4. The lowest BCUT2D eigenvalue weighted by atomic mass is 9.87. The van der Waals surface area contributed by atoms with Crippen molar-refractivity contribution in [3.05, 3.63) is 131 Å². The van der Waals surface area contributed by atoms with Gasteiger partial charge in [-0.1, -0.05) is 123 Å². The van der Waals surface area contributed by atoms with Crippen molar-refractivity contribution in [3.63, 3.8) is 0 Å². The molecule has 0 radical (unpaired) electrons. The van der Waals surface area contributed by atoms with Gasteiger partial charge in [0.25, 0.3) is 5.91 Å². The number of nitrogens with one attached hydrogen (secondary N) is 2. The van der Waals surface area contributed by atoms with Crippen molar-refractivity contribution in [2.24, 2.45) is 14.1 Å². The highest BCUT2D eigenvalue weighted by Crippen LogP contribution is 2.33. The van der Waals surface area contributed by atoms with E-state index >= 15 is 0 Å². The maximum atomic E-state index is 13.1. The van der Waals surface area contributed by atoms with E-state index in [1.165, 1.54) is 28.2 Å². The molecule has 10 rings (SSSR count). The summed E-state index contributed by atoms with van der Waals surface area (Å²) < 4.78 is 3.73. The molecule has 8 aromatic rings. The first kappa shape index (κ1) is 49.7. The van der Waals surface area contributed by atoms with Gasteiger partial charge in [0, 0.05) is 84.1 Å². The number of anilines is 2. The number of hydrogen-bond donors (Lipinski definition) is 2. The first-order valence-electron chi connectivity index (χ1n) is 24.8. The minimum Gasteiger partial charge on any atom is -0.367 e. The number of amides is 1. The third kappa shape index (κ3) is 10.5. The van der Waals surface area contributed by atoms with Gasteiger partial charge in [-0.25, -0.2) is 9.97 Å². The Morgan fingerprint density at radius 1 is 0.571 bits per heavy atom. The molecule has 0 aliphatic carbocycles. The summed E-state index contributed by atoms with van der Waals surface area (Å²) in [5, 5.41) is 9.04. The summed E-state index contributed by atoms with van der Waals surface area (Å²) in [6.45, 7) is 25.5. The average Bonchev–Trinajstić information content (AvgIpc) is 4.16. The largest absolute Gasteiger partial charge is 0.367 e. The van der Waals surface area contributed by atoms with Gasteiger partial charge in [0.1, 0.15) is 28.4 Å². The van der Waals surface area contributed by atoms with Crippen molar-refractivity contribution in [1.29, 1.82) is 0 Å². The zero-order chi connectivity index (χ0) is 48.6. The Kier molecular flexibility index (Phi) is 14.4. The summed E-state index contributed by atoms with van der Waals surface area (Å²) in [4.78, 5) is 39.4. The Balaban J connectivity index is 0.000000186. The fourth-order valence-corrected chi connectivity index (χ4v) is 9.55. The molecule has 368 valence electrons. The molecule has 0 spiro atoms. The zero-order valence-corrected chi connectivity index (χ0v) is 42.4. The number of para-hydroxylation sites is 2. The molecule has 0 unspecified atom stereocenters. The standard InChI is InChI=1S/C28H34N6O.C28H36N6.CH4/c1-6-21-18-24(32(5)31-21)27(35)34-16-14-33(15-17-34)23-9-7-8-22-25(23)30-26(29-22)19-10-12-20(13-11-19)28(2,3)4;1-6-22-18-23(32(5)31-22)19-33-14-16-34(17-15-33)25-9-7-8-24-26(25)30-27(29-24)20-10-12-21(13-11-20)28(2,3)4;/h7-13,18H,6,14-17H2,1-5H3,(H,29,30);7-13,18H,6,14-17,19H2,1-5H3,(H,29,30);1H4. The molecular weight excluding hydrogens is 869 g/mol.